The van der Waals surface area contributed by atoms with Crippen LogP contribution in [0, 0.1) is 0 Å². The number of fused-ring (bicyclic) bond motifs is 2. The average molecular weight is 630 g/mol. The van der Waals surface area contributed by atoms with Gasteiger partial charge in [0.15, 0.2) is 5.65 Å². The van der Waals surface area contributed by atoms with E-state index in [1.165, 1.54) is 0 Å². The van der Waals surface area contributed by atoms with Crippen LogP contribution < -0.4 is 10.2 Å². The first-order chi connectivity index (χ1) is 20.2. The number of carbonyl (C=O) groups excluding carboxylic acids is 1. The number of alkyl halides is 1. The second-order valence-electron chi connectivity index (χ2n) is 13.4. The summed E-state index contributed by atoms with van der Waals surface area (Å²) in [5, 5.41) is 8.60. The fourth-order valence-electron chi connectivity index (χ4n) is 5.15. The Hall–Kier alpha value is -3.22. The summed E-state index contributed by atoms with van der Waals surface area (Å²) in [6.45, 7) is 13.8. The molecule has 10 nitrogen and oxygen atoms in total. The number of alkyl carbamates (subject to hydrolysis) is 1. The first-order valence-electron chi connectivity index (χ1n) is 14.6. The minimum absolute atomic E-state index is 0.0738. The highest BCUT2D eigenvalue weighted by Gasteiger charge is 2.33. The number of anilines is 1. The molecular formula is C30H41ClFN7O3Si. The summed E-state index contributed by atoms with van der Waals surface area (Å²) in [7, 11) is 0.608. The van der Waals surface area contributed by atoms with Crippen molar-refractivity contribution in [3.05, 3.63) is 35.7 Å². The quantitative estimate of drug-likeness (QED) is 0.178. The number of carbonyl (C=O) groups is 1. The van der Waals surface area contributed by atoms with Gasteiger partial charge in [0.25, 0.3) is 0 Å². The van der Waals surface area contributed by atoms with Gasteiger partial charge in [-0.05, 0) is 39.3 Å². The zero-order chi connectivity index (χ0) is 31.1. The van der Waals surface area contributed by atoms with E-state index in [0.717, 1.165) is 28.1 Å². The van der Waals surface area contributed by atoms with E-state index < -0.39 is 32.0 Å². The van der Waals surface area contributed by atoms with Crippen LogP contribution in [0.5, 0.6) is 0 Å². The number of rotatable bonds is 8. The Balaban J connectivity index is 1.42. The van der Waals surface area contributed by atoms with Gasteiger partial charge in [0, 0.05) is 57.2 Å². The van der Waals surface area contributed by atoms with Crippen LogP contribution in [0.3, 0.4) is 0 Å². The fraction of sp³-hybridized carbons (Fsp3) is 0.533. The van der Waals surface area contributed by atoms with Gasteiger partial charge in [0.1, 0.15) is 29.8 Å². The minimum atomic E-state index is -1.30. The molecule has 0 radical (unpaired) electrons. The lowest BCUT2D eigenvalue weighted by Gasteiger charge is -2.35. The summed E-state index contributed by atoms with van der Waals surface area (Å²) in [6.07, 6.45) is 4.05. The molecule has 4 heterocycles. The van der Waals surface area contributed by atoms with E-state index in [2.05, 4.69) is 30.1 Å². The fourth-order valence-corrected chi connectivity index (χ4v) is 6.22. The van der Waals surface area contributed by atoms with Crippen LogP contribution in [-0.2, 0) is 23.3 Å². The van der Waals surface area contributed by atoms with Gasteiger partial charge in [-0.3, -0.25) is 4.68 Å². The third-order valence-electron chi connectivity index (χ3n) is 7.38. The van der Waals surface area contributed by atoms with Crippen LogP contribution in [0.1, 0.15) is 27.2 Å². The number of hydrogen-bond donors (Lipinski definition) is 1. The van der Waals surface area contributed by atoms with E-state index in [-0.39, 0.29) is 6.54 Å². The number of nitrogens with zero attached hydrogens (tertiary/aromatic N) is 6. The van der Waals surface area contributed by atoms with Crippen molar-refractivity contribution in [2.75, 3.05) is 24.6 Å². The molecule has 1 fully saturated rings. The number of nitrogens with one attached hydrogen (secondary N) is 1. The summed E-state index contributed by atoms with van der Waals surface area (Å²) < 4.78 is 30.4. The van der Waals surface area contributed by atoms with Crippen molar-refractivity contribution < 1.29 is 18.7 Å². The van der Waals surface area contributed by atoms with Crippen molar-refractivity contribution in [2.45, 2.75) is 77.4 Å². The molecule has 1 saturated heterocycles. The zero-order valence-corrected chi connectivity index (χ0v) is 27.7. The molecule has 0 bridgehead atoms. The zero-order valence-electron chi connectivity index (χ0n) is 25.9. The van der Waals surface area contributed by atoms with Gasteiger partial charge in [0.2, 0.25) is 0 Å². The number of piperidine rings is 1. The maximum absolute atomic E-state index is 15.3. The van der Waals surface area contributed by atoms with E-state index in [1.54, 1.807) is 31.6 Å². The molecule has 0 unspecified atom stereocenters. The molecule has 0 spiro atoms. The summed E-state index contributed by atoms with van der Waals surface area (Å²) in [5.41, 5.74) is 3.14. The number of hydrogen-bond acceptors (Lipinski definition) is 7. The normalized spacial score (nSPS) is 18.0. The van der Waals surface area contributed by atoms with Crippen LogP contribution in [0.25, 0.3) is 33.2 Å². The molecular weight excluding hydrogens is 589 g/mol. The van der Waals surface area contributed by atoms with E-state index in [1.807, 2.05) is 41.0 Å². The summed E-state index contributed by atoms with van der Waals surface area (Å²) >= 11 is 6.90. The van der Waals surface area contributed by atoms with Gasteiger partial charge >= 0.3 is 6.09 Å². The lowest BCUT2D eigenvalue weighted by molar-refractivity contribution is 0.0463. The molecule has 2 atom stereocenters. The van der Waals surface area contributed by atoms with Crippen LogP contribution in [0.15, 0.2) is 30.7 Å². The van der Waals surface area contributed by atoms with E-state index in [0.29, 0.717) is 48.3 Å². The highest BCUT2D eigenvalue weighted by Crippen LogP contribution is 2.38. The van der Waals surface area contributed by atoms with Crippen molar-refractivity contribution in [3.8, 4) is 11.1 Å². The predicted octanol–water partition coefficient (Wildman–Crippen LogP) is 6.39. The molecule has 1 N–H and O–H groups in total. The smallest absolute Gasteiger partial charge is 0.407 e. The van der Waals surface area contributed by atoms with E-state index in [9.17, 15) is 4.79 Å². The van der Waals surface area contributed by atoms with Gasteiger partial charge in [-0.25, -0.2) is 19.2 Å². The Bertz CT molecular complexity index is 1630. The van der Waals surface area contributed by atoms with Crippen molar-refractivity contribution in [2.24, 2.45) is 7.05 Å². The van der Waals surface area contributed by atoms with Crippen molar-refractivity contribution in [1.82, 2.24) is 29.6 Å². The second-order valence-corrected chi connectivity index (χ2v) is 19.4. The molecule has 1 aliphatic rings. The Morgan fingerprint density at radius 2 is 1.98 bits per heavy atom. The Kier molecular flexibility index (Phi) is 8.74. The van der Waals surface area contributed by atoms with Gasteiger partial charge in [-0.1, -0.05) is 37.3 Å². The number of aromatic nitrogens is 5. The lowest BCUT2D eigenvalue weighted by Crippen LogP contribution is -2.53. The molecule has 3 aromatic heterocycles. The van der Waals surface area contributed by atoms with Crippen LogP contribution in [0.4, 0.5) is 15.0 Å². The van der Waals surface area contributed by atoms with Crippen LogP contribution in [0.2, 0.25) is 30.7 Å². The Labute approximate surface area is 257 Å². The van der Waals surface area contributed by atoms with Gasteiger partial charge in [-0.2, -0.15) is 5.10 Å². The van der Waals surface area contributed by atoms with Crippen molar-refractivity contribution in [1.29, 1.82) is 0 Å². The first kappa shape index (κ1) is 31.2. The Morgan fingerprint density at radius 1 is 1.21 bits per heavy atom. The van der Waals surface area contributed by atoms with Crippen molar-refractivity contribution >= 4 is 53.7 Å². The monoisotopic (exact) mass is 629 g/mol. The predicted molar refractivity (Wildman–Crippen MR) is 171 cm³/mol. The maximum Gasteiger partial charge on any atom is 0.407 e. The molecule has 13 heteroatoms. The molecule has 0 saturated carbocycles. The molecule has 1 amide bonds. The highest BCUT2D eigenvalue weighted by molar-refractivity contribution is 6.76. The largest absolute Gasteiger partial charge is 0.444 e. The van der Waals surface area contributed by atoms with Gasteiger partial charge in [-0.15, -0.1) is 0 Å². The molecule has 1 aromatic carbocycles. The molecule has 5 rings (SSSR count). The lowest BCUT2D eigenvalue weighted by atomic mass is 10.0. The number of aryl methyl sites for hydroxylation is 1. The third kappa shape index (κ3) is 7.30. The SMILES string of the molecule is Cn1cc2c(Cl)c(-c3cn(COCC[Si](C)(C)C)c4nc(N5CC[C@H](NC(=O)OC(C)(C)C)[C@H](F)C5)cnc34)ccc2n1. The summed E-state index contributed by atoms with van der Waals surface area (Å²) in [5.74, 6) is 0.563. The number of benzene rings is 1. The number of ether oxygens (including phenoxy) is 2. The first-order valence-corrected chi connectivity index (χ1v) is 18.7. The van der Waals surface area contributed by atoms with E-state index in [4.69, 9.17) is 31.0 Å². The third-order valence-corrected chi connectivity index (χ3v) is 9.49. The molecule has 43 heavy (non-hydrogen) atoms. The van der Waals surface area contributed by atoms with E-state index >= 15 is 4.39 Å². The highest BCUT2D eigenvalue weighted by atomic mass is 35.5. The standard InChI is InChI=1S/C30H41ClFN7O3Si/c1-30(2,3)42-29(40)34-24-10-11-38(17-22(24)32)25-14-33-27-20(19-8-9-23-21(26(19)31)15-37(4)36-23)16-39(28(27)35-25)18-41-12-13-43(5,6)7/h8-9,14-16,22,24H,10-13,17-18H2,1-7H3,(H,34,40)/t22-,24+/m1/s1. The summed E-state index contributed by atoms with van der Waals surface area (Å²) in [4.78, 5) is 23.9. The van der Waals surface area contributed by atoms with Gasteiger partial charge < -0.3 is 24.3 Å². The van der Waals surface area contributed by atoms with Gasteiger partial charge in [0.05, 0.1) is 29.3 Å². The number of amides is 1. The molecule has 0 aliphatic carbocycles. The second kappa shape index (κ2) is 12.0. The Morgan fingerprint density at radius 3 is 2.67 bits per heavy atom. The molecule has 1 aliphatic heterocycles. The topological polar surface area (TPSA) is 99.3 Å². The average Bonchev–Trinajstić information content (AvgIpc) is 3.46. The molecule has 4 aromatic rings. The van der Waals surface area contributed by atoms with Crippen LogP contribution in [-0.4, -0.2) is 76.0 Å². The minimum Gasteiger partial charge on any atom is -0.444 e. The molecule has 232 valence electrons. The number of halogens is 2. The van der Waals surface area contributed by atoms with Crippen LogP contribution >= 0.6 is 11.6 Å². The van der Waals surface area contributed by atoms with Crippen molar-refractivity contribution in [3.63, 3.8) is 0 Å². The maximum atomic E-state index is 15.3. The summed E-state index contributed by atoms with van der Waals surface area (Å²) in [6, 6.07) is 4.31.